The molecule has 0 saturated carbocycles. The van der Waals surface area contributed by atoms with E-state index in [4.69, 9.17) is 4.74 Å². The molecule has 3 aromatic carbocycles. The van der Waals surface area contributed by atoms with E-state index in [1.165, 1.54) is 11.5 Å². The number of aromatic nitrogens is 1. The first-order valence-electron chi connectivity index (χ1n) is 9.26. The molecule has 0 aliphatic rings. The second kappa shape index (κ2) is 8.71. The molecule has 5 heteroatoms. The van der Waals surface area contributed by atoms with E-state index in [9.17, 15) is 4.79 Å². The van der Waals surface area contributed by atoms with E-state index in [0.717, 1.165) is 28.1 Å². The summed E-state index contributed by atoms with van der Waals surface area (Å²) in [5.41, 5.74) is 4.01. The van der Waals surface area contributed by atoms with E-state index in [1.807, 2.05) is 90.3 Å². The summed E-state index contributed by atoms with van der Waals surface area (Å²) in [7, 11) is 1.63. The summed E-state index contributed by atoms with van der Waals surface area (Å²) < 4.78 is 9.76. The summed E-state index contributed by atoms with van der Waals surface area (Å²) in [5, 5.41) is 5.30. The summed E-state index contributed by atoms with van der Waals surface area (Å²) in [5.74, 6) is 0.659. The van der Waals surface area contributed by atoms with Crippen molar-refractivity contribution in [3.05, 3.63) is 102 Å². The van der Waals surface area contributed by atoms with Crippen molar-refractivity contribution < 1.29 is 9.53 Å². The molecule has 4 rings (SSSR count). The standard InChI is InChI=1S/C24H20N2O2S/c1-28-20-14-8-13-19(15-20)25-22(18-11-6-3-7-12-18)24(27)23-21(16-29-26-23)17-9-4-2-5-10-17/h2-16,22,25H,1H3. The molecule has 0 aliphatic carbocycles. The quantitative estimate of drug-likeness (QED) is 0.395. The lowest BCUT2D eigenvalue weighted by Gasteiger charge is -2.19. The zero-order valence-corrected chi connectivity index (χ0v) is 16.7. The lowest BCUT2D eigenvalue weighted by atomic mass is 9.96. The van der Waals surface area contributed by atoms with Gasteiger partial charge in [-0.05, 0) is 34.8 Å². The Morgan fingerprint density at radius 1 is 0.966 bits per heavy atom. The van der Waals surface area contributed by atoms with Crippen molar-refractivity contribution in [1.29, 1.82) is 0 Å². The third kappa shape index (κ3) is 4.20. The van der Waals surface area contributed by atoms with Crippen LogP contribution in [0.4, 0.5) is 5.69 Å². The highest BCUT2D eigenvalue weighted by atomic mass is 32.1. The van der Waals surface area contributed by atoms with Crippen LogP contribution in [0.1, 0.15) is 22.1 Å². The number of carbonyl (C=O) groups excluding carboxylic acids is 1. The topological polar surface area (TPSA) is 51.2 Å². The van der Waals surface area contributed by atoms with Gasteiger partial charge in [-0.15, -0.1) is 0 Å². The van der Waals surface area contributed by atoms with Gasteiger partial charge in [0, 0.05) is 22.7 Å². The second-order valence-corrected chi connectivity index (χ2v) is 7.16. The number of Topliss-reactive ketones (excluding diaryl/α,β-unsaturated/α-hetero) is 1. The highest BCUT2D eigenvalue weighted by Gasteiger charge is 2.26. The largest absolute Gasteiger partial charge is 0.497 e. The van der Waals surface area contributed by atoms with Gasteiger partial charge in [0.05, 0.1) is 7.11 Å². The normalized spacial score (nSPS) is 11.6. The Balaban J connectivity index is 1.72. The first kappa shape index (κ1) is 18.9. The van der Waals surface area contributed by atoms with Crippen molar-refractivity contribution in [2.45, 2.75) is 6.04 Å². The zero-order valence-electron chi connectivity index (χ0n) is 15.9. The molecule has 1 atom stereocenters. The first-order valence-corrected chi connectivity index (χ1v) is 10.1. The van der Waals surface area contributed by atoms with Crippen LogP contribution in [-0.4, -0.2) is 17.3 Å². The number of nitrogens with one attached hydrogen (secondary N) is 1. The molecule has 4 aromatic rings. The lowest BCUT2D eigenvalue weighted by Crippen LogP contribution is -2.22. The molecule has 0 spiro atoms. The maximum absolute atomic E-state index is 13.6. The maximum atomic E-state index is 13.6. The van der Waals surface area contributed by atoms with Gasteiger partial charge in [0.15, 0.2) is 0 Å². The van der Waals surface area contributed by atoms with E-state index in [-0.39, 0.29) is 5.78 Å². The second-order valence-electron chi connectivity index (χ2n) is 6.53. The fraction of sp³-hybridized carbons (Fsp3) is 0.0833. The number of methoxy groups -OCH3 is 1. The molecule has 1 N–H and O–H groups in total. The average molecular weight is 401 g/mol. The minimum Gasteiger partial charge on any atom is -0.497 e. The van der Waals surface area contributed by atoms with Gasteiger partial charge in [0.1, 0.15) is 17.5 Å². The smallest absolute Gasteiger partial charge is 0.209 e. The molecule has 0 saturated heterocycles. The first-order chi connectivity index (χ1) is 14.3. The molecule has 0 fully saturated rings. The number of ether oxygens (including phenoxy) is 1. The molecule has 0 radical (unpaired) electrons. The van der Waals surface area contributed by atoms with Crippen molar-refractivity contribution in [2.24, 2.45) is 0 Å². The summed E-state index contributed by atoms with van der Waals surface area (Å²) >= 11 is 1.30. The van der Waals surface area contributed by atoms with E-state index < -0.39 is 6.04 Å². The SMILES string of the molecule is COc1cccc(NC(C(=O)c2nscc2-c2ccccc2)c2ccccc2)c1. The summed E-state index contributed by atoms with van der Waals surface area (Å²) in [6.07, 6.45) is 0. The minimum atomic E-state index is -0.562. The molecule has 1 aromatic heterocycles. The van der Waals surface area contributed by atoms with Gasteiger partial charge in [-0.1, -0.05) is 66.7 Å². The van der Waals surface area contributed by atoms with Crippen molar-refractivity contribution in [3.8, 4) is 16.9 Å². The Morgan fingerprint density at radius 3 is 2.41 bits per heavy atom. The van der Waals surface area contributed by atoms with Crippen LogP contribution in [-0.2, 0) is 0 Å². The molecule has 1 unspecified atom stereocenters. The van der Waals surface area contributed by atoms with E-state index in [2.05, 4.69) is 9.69 Å². The number of hydrogen-bond donors (Lipinski definition) is 1. The summed E-state index contributed by atoms with van der Waals surface area (Å²) in [6, 6.07) is 26.6. The maximum Gasteiger partial charge on any atom is 0.209 e. The number of benzene rings is 3. The third-order valence-electron chi connectivity index (χ3n) is 4.66. The molecule has 144 valence electrons. The predicted octanol–water partition coefficient (Wildman–Crippen LogP) is 5.85. The van der Waals surface area contributed by atoms with Crippen LogP contribution in [0.5, 0.6) is 5.75 Å². The minimum absolute atomic E-state index is 0.0703. The number of rotatable bonds is 7. The van der Waals surface area contributed by atoms with Crippen molar-refractivity contribution >= 4 is 23.0 Å². The highest BCUT2D eigenvalue weighted by molar-refractivity contribution is 7.04. The van der Waals surface area contributed by atoms with Gasteiger partial charge >= 0.3 is 0 Å². The average Bonchev–Trinajstić information content (AvgIpc) is 3.28. The monoisotopic (exact) mass is 400 g/mol. The number of hydrogen-bond acceptors (Lipinski definition) is 5. The Kier molecular flexibility index (Phi) is 5.68. The summed E-state index contributed by atoms with van der Waals surface area (Å²) in [4.78, 5) is 13.6. The Labute approximate surface area is 174 Å². The molecule has 29 heavy (non-hydrogen) atoms. The van der Waals surface area contributed by atoms with Gasteiger partial charge in [-0.3, -0.25) is 4.79 Å². The highest BCUT2D eigenvalue weighted by Crippen LogP contribution is 2.31. The molecule has 0 aliphatic heterocycles. The van der Waals surface area contributed by atoms with Crippen LogP contribution in [0.3, 0.4) is 0 Å². The van der Waals surface area contributed by atoms with Crippen molar-refractivity contribution in [3.63, 3.8) is 0 Å². The van der Waals surface area contributed by atoms with Crippen molar-refractivity contribution in [2.75, 3.05) is 12.4 Å². The number of anilines is 1. The van der Waals surface area contributed by atoms with Gasteiger partial charge in [0.25, 0.3) is 0 Å². The molecule has 0 amide bonds. The Hall–Kier alpha value is -3.44. The molecule has 1 heterocycles. The molecule has 4 nitrogen and oxygen atoms in total. The zero-order chi connectivity index (χ0) is 20.1. The van der Waals surface area contributed by atoms with Gasteiger partial charge in [0.2, 0.25) is 5.78 Å². The fourth-order valence-electron chi connectivity index (χ4n) is 3.20. The fourth-order valence-corrected chi connectivity index (χ4v) is 3.90. The number of carbonyl (C=O) groups is 1. The van der Waals surface area contributed by atoms with Crippen LogP contribution >= 0.6 is 11.5 Å². The number of ketones is 1. The van der Waals surface area contributed by atoms with Crippen LogP contribution in [0.15, 0.2) is 90.3 Å². The summed E-state index contributed by atoms with van der Waals surface area (Å²) in [6.45, 7) is 0. The van der Waals surface area contributed by atoms with Crippen molar-refractivity contribution in [1.82, 2.24) is 4.37 Å². The van der Waals surface area contributed by atoms with Crippen LogP contribution in [0, 0.1) is 0 Å². The van der Waals surface area contributed by atoms with Gasteiger partial charge in [-0.2, -0.15) is 4.37 Å². The third-order valence-corrected chi connectivity index (χ3v) is 5.29. The van der Waals surface area contributed by atoms with Gasteiger partial charge < -0.3 is 10.1 Å². The Bertz CT molecular complexity index is 1090. The molecular weight excluding hydrogens is 380 g/mol. The van der Waals surface area contributed by atoms with Crippen LogP contribution in [0.25, 0.3) is 11.1 Å². The Morgan fingerprint density at radius 2 is 1.69 bits per heavy atom. The lowest BCUT2D eigenvalue weighted by molar-refractivity contribution is 0.0966. The number of nitrogens with zero attached hydrogens (tertiary/aromatic N) is 1. The van der Waals surface area contributed by atoms with Crippen LogP contribution in [0.2, 0.25) is 0 Å². The molecular formula is C24H20N2O2S. The van der Waals surface area contributed by atoms with E-state index >= 15 is 0 Å². The van der Waals surface area contributed by atoms with Crippen LogP contribution < -0.4 is 10.1 Å². The van der Waals surface area contributed by atoms with Gasteiger partial charge in [-0.25, -0.2) is 0 Å². The van der Waals surface area contributed by atoms with E-state index in [0.29, 0.717) is 5.69 Å². The van der Waals surface area contributed by atoms with E-state index in [1.54, 1.807) is 7.11 Å². The molecule has 0 bridgehead atoms. The predicted molar refractivity (Wildman–Crippen MR) is 118 cm³/mol.